The Bertz CT molecular complexity index is 779. The molecule has 32 heavy (non-hydrogen) atoms. The van der Waals surface area contributed by atoms with Crippen LogP contribution < -0.4 is 4.46 Å². The second-order valence-electron chi connectivity index (χ2n) is 11.7. The Morgan fingerprint density at radius 3 is 1.75 bits per heavy atom. The van der Waals surface area contributed by atoms with Crippen molar-refractivity contribution < 1.29 is 13.6 Å². The van der Waals surface area contributed by atoms with Gasteiger partial charge in [-0.05, 0) is 0 Å². The molecule has 1 saturated heterocycles. The topological polar surface area (TPSA) is 27.7 Å². The normalized spacial score (nSPS) is 25.4. The fourth-order valence-corrected chi connectivity index (χ4v) is 7.13. The third-order valence-corrected chi connectivity index (χ3v) is 17.9. The molecule has 1 aliphatic heterocycles. The van der Waals surface area contributed by atoms with Gasteiger partial charge in [0, 0.05) is 0 Å². The summed E-state index contributed by atoms with van der Waals surface area (Å²) in [6.45, 7) is 27.0. The second-order valence-corrected chi connectivity index (χ2v) is 23.3. The van der Waals surface area contributed by atoms with Crippen molar-refractivity contribution >= 4 is 36.1 Å². The molecule has 1 heterocycles. The van der Waals surface area contributed by atoms with E-state index in [2.05, 4.69) is 116 Å². The van der Waals surface area contributed by atoms with Crippen LogP contribution in [0.2, 0.25) is 36.3 Å². The third kappa shape index (κ3) is 6.78. The molecule has 0 amide bonds. The predicted molar refractivity (Wildman–Crippen MR) is 144 cm³/mol. The number of ether oxygens (including phenoxy) is 1. The van der Waals surface area contributed by atoms with Crippen molar-refractivity contribution in [3.63, 3.8) is 0 Å². The van der Waals surface area contributed by atoms with Crippen LogP contribution in [-0.4, -0.2) is 56.0 Å². The summed E-state index contributed by atoms with van der Waals surface area (Å²) in [5, 5.41) is 0.230. The molecule has 0 saturated carbocycles. The molecular weight excluding hydrogens is 495 g/mol. The van der Waals surface area contributed by atoms with Crippen molar-refractivity contribution in [2.24, 2.45) is 0 Å². The van der Waals surface area contributed by atoms with Crippen LogP contribution in [-0.2, 0) is 13.6 Å². The van der Waals surface area contributed by atoms with Crippen LogP contribution in [0.3, 0.4) is 0 Å². The Balaban J connectivity index is 2.35. The minimum absolute atomic E-state index is 0.114. The van der Waals surface area contributed by atoms with Gasteiger partial charge in [0.05, 0.1) is 0 Å². The van der Waals surface area contributed by atoms with Gasteiger partial charge in [-0.15, -0.1) is 0 Å². The molecule has 4 atom stereocenters. The van der Waals surface area contributed by atoms with E-state index in [0.29, 0.717) is 0 Å². The average molecular weight is 540 g/mol. The van der Waals surface area contributed by atoms with Crippen molar-refractivity contribution in [1.29, 1.82) is 0 Å². The molecule has 1 aromatic carbocycles. The zero-order valence-corrected chi connectivity index (χ0v) is 25.5. The van der Waals surface area contributed by atoms with Gasteiger partial charge in [0.15, 0.2) is 0 Å². The SMILES string of the molecule is C=CC1OC(/C=C\[Se]c2ccccc2)C(O[Si](C)(C)C(C)(C)C)C1O[Si](C)(C)C(C)(C)C. The van der Waals surface area contributed by atoms with Gasteiger partial charge in [-0.25, -0.2) is 0 Å². The molecule has 0 radical (unpaired) electrons. The minimum atomic E-state index is -2.03. The van der Waals surface area contributed by atoms with Gasteiger partial charge in [-0.3, -0.25) is 0 Å². The van der Waals surface area contributed by atoms with Crippen LogP contribution in [0.1, 0.15) is 41.5 Å². The number of hydrogen-bond donors (Lipinski definition) is 0. The summed E-state index contributed by atoms with van der Waals surface area (Å²) in [4.78, 5) is 2.27. The standard InChI is InChI=1S/C26H44O3SeSi2/c1-12-21-23(28-31(8,9)25(2,3)4)24(29-32(10,11)26(5,6)7)22(27-21)18-19-30-20-16-14-13-15-17-20/h12-19,21-24H,1H2,2-11H3/b19-18-. The van der Waals surface area contributed by atoms with Gasteiger partial charge in [0.1, 0.15) is 0 Å². The molecule has 1 aromatic rings. The Morgan fingerprint density at radius 1 is 0.844 bits per heavy atom. The Kier molecular flexibility index (Phi) is 9.05. The van der Waals surface area contributed by atoms with Gasteiger partial charge >= 0.3 is 206 Å². The van der Waals surface area contributed by atoms with Gasteiger partial charge in [0.2, 0.25) is 0 Å². The van der Waals surface area contributed by atoms with Crippen molar-refractivity contribution in [2.45, 2.75) is 102 Å². The molecule has 1 aliphatic rings. The maximum absolute atomic E-state index is 7.00. The molecule has 4 unspecified atom stereocenters. The Morgan fingerprint density at radius 2 is 1.31 bits per heavy atom. The molecule has 0 aromatic heterocycles. The summed E-state index contributed by atoms with van der Waals surface area (Å²) < 4.78 is 21.8. The second kappa shape index (κ2) is 10.4. The maximum atomic E-state index is 7.00. The van der Waals surface area contributed by atoms with Crippen LogP contribution in [0.15, 0.2) is 54.0 Å². The zero-order chi connectivity index (χ0) is 24.4. The first-order valence-corrected chi connectivity index (χ1v) is 19.3. The fraction of sp³-hybridized carbons (Fsp3) is 0.615. The molecule has 2 rings (SSSR count). The first kappa shape index (κ1) is 27.8. The molecule has 0 aliphatic carbocycles. The number of hydrogen-bond acceptors (Lipinski definition) is 3. The predicted octanol–water partition coefficient (Wildman–Crippen LogP) is 6.26. The van der Waals surface area contributed by atoms with E-state index in [-0.39, 0.29) is 49.4 Å². The van der Waals surface area contributed by atoms with Crippen LogP contribution in [0, 0.1) is 0 Å². The van der Waals surface area contributed by atoms with Gasteiger partial charge < -0.3 is 0 Å². The van der Waals surface area contributed by atoms with E-state index in [4.69, 9.17) is 13.6 Å². The summed E-state index contributed by atoms with van der Waals surface area (Å²) in [5.74, 6) is 0. The van der Waals surface area contributed by atoms with E-state index in [1.165, 1.54) is 4.46 Å². The summed E-state index contributed by atoms with van der Waals surface area (Å²) in [6.07, 6.45) is 3.54. The van der Waals surface area contributed by atoms with Crippen molar-refractivity contribution in [2.75, 3.05) is 0 Å². The molecule has 0 spiro atoms. The van der Waals surface area contributed by atoms with E-state index in [9.17, 15) is 0 Å². The number of rotatable bonds is 8. The first-order chi connectivity index (χ1) is 14.6. The van der Waals surface area contributed by atoms with E-state index >= 15 is 0 Å². The summed E-state index contributed by atoms with van der Waals surface area (Å²) in [7, 11) is -4.05. The molecular formula is C26H44O3SeSi2. The van der Waals surface area contributed by atoms with Crippen LogP contribution >= 0.6 is 0 Å². The molecule has 180 valence electrons. The van der Waals surface area contributed by atoms with E-state index in [1.807, 2.05) is 6.08 Å². The van der Waals surface area contributed by atoms with Gasteiger partial charge in [-0.2, -0.15) is 0 Å². The number of benzene rings is 1. The van der Waals surface area contributed by atoms with Crippen molar-refractivity contribution in [1.82, 2.24) is 0 Å². The molecule has 6 heteroatoms. The molecule has 1 fully saturated rings. The zero-order valence-electron chi connectivity index (χ0n) is 21.8. The monoisotopic (exact) mass is 540 g/mol. The quantitative estimate of drug-likeness (QED) is 0.288. The van der Waals surface area contributed by atoms with E-state index < -0.39 is 16.6 Å². The third-order valence-electron chi connectivity index (χ3n) is 7.21. The Labute approximate surface area is 205 Å². The first-order valence-electron chi connectivity index (χ1n) is 11.6. The summed E-state index contributed by atoms with van der Waals surface area (Å²) >= 11 is 0.258. The van der Waals surface area contributed by atoms with E-state index in [1.54, 1.807) is 0 Å². The van der Waals surface area contributed by atoms with Crippen LogP contribution in [0.4, 0.5) is 0 Å². The average Bonchev–Trinajstić information content (AvgIpc) is 2.96. The van der Waals surface area contributed by atoms with Gasteiger partial charge in [-0.1, -0.05) is 0 Å². The Hall–Kier alpha value is -0.467. The summed E-state index contributed by atoms with van der Waals surface area (Å²) in [5.41, 5.74) is 0. The van der Waals surface area contributed by atoms with Crippen LogP contribution in [0.5, 0.6) is 0 Å². The van der Waals surface area contributed by atoms with Crippen molar-refractivity contribution in [3.05, 3.63) is 54.0 Å². The molecule has 0 bridgehead atoms. The fourth-order valence-electron chi connectivity index (χ4n) is 3.05. The summed E-state index contributed by atoms with van der Waals surface area (Å²) in [6, 6.07) is 10.6. The van der Waals surface area contributed by atoms with Gasteiger partial charge in [0.25, 0.3) is 0 Å². The molecule has 0 N–H and O–H groups in total. The van der Waals surface area contributed by atoms with Crippen molar-refractivity contribution in [3.8, 4) is 0 Å². The molecule has 3 nitrogen and oxygen atoms in total. The van der Waals surface area contributed by atoms with Crippen LogP contribution in [0.25, 0.3) is 0 Å². The van der Waals surface area contributed by atoms with E-state index in [0.717, 1.165) is 0 Å².